The summed E-state index contributed by atoms with van der Waals surface area (Å²) >= 11 is 1.55. The van der Waals surface area contributed by atoms with E-state index in [1.54, 1.807) is 16.8 Å². The highest BCUT2D eigenvalue weighted by molar-refractivity contribution is 7.13. The molecule has 1 unspecified atom stereocenters. The smallest absolute Gasteiger partial charge is 0.205 e. The van der Waals surface area contributed by atoms with Crippen LogP contribution < -0.4 is 5.32 Å². The molecule has 1 heterocycles. The summed E-state index contributed by atoms with van der Waals surface area (Å²) in [5.74, 6) is 0. The zero-order valence-corrected chi connectivity index (χ0v) is 9.00. The number of aromatic nitrogens is 2. The molecule has 0 fully saturated rings. The minimum absolute atomic E-state index is 0.411. The third kappa shape index (κ3) is 1.61. The van der Waals surface area contributed by atoms with Crippen LogP contribution in [0.4, 0.5) is 5.13 Å². The SMILES string of the molecule is c1ccc2c(c1)CCC2Nc1nncs1. The Labute approximate surface area is 92.2 Å². The number of benzene rings is 1. The van der Waals surface area contributed by atoms with Crippen LogP contribution in [0.15, 0.2) is 29.8 Å². The molecule has 76 valence electrons. The van der Waals surface area contributed by atoms with E-state index in [-0.39, 0.29) is 0 Å². The van der Waals surface area contributed by atoms with Gasteiger partial charge in [-0.3, -0.25) is 0 Å². The second kappa shape index (κ2) is 3.62. The number of fused-ring (bicyclic) bond motifs is 1. The van der Waals surface area contributed by atoms with Crippen molar-refractivity contribution in [3.05, 3.63) is 40.9 Å². The Morgan fingerprint density at radius 1 is 1.33 bits per heavy atom. The average molecular weight is 217 g/mol. The maximum atomic E-state index is 4.01. The number of aryl methyl sites for hydroxylation is 1. The van der Waals surface area contributed by atoms with Gasteiger partial charge in [-0.05, 0) is 24.0 Å². The van der Waals surface area contributed by atoms with E-state index in [2.05, 4.69) is 39.8 Å². The maximum Gasteiger partial charge on any atom is 0.205 e. The van der Waals surface area contributed by atoms with Gasteiger partial charge in [0.1, 0.15) is 5.51 Å². The van der Waals surface area contributed by atoms with Crippen molar-refractivity contribution in [2.45, 2.75) is 18.9 Å². The molecule has 3 rings (SSSR count). The van der Waals surface area contributed by atoms with Gasteiger partial charge in [0.15, 0.2) is 0 Å². The fourth-order valence-corrected chi connectivity index (χ4v) is 2.59. The molecule has 15 heavy (non-hydrogen) atoms. The Kier molecular flexibility index (Phi) is 2.14. The summed E-state index contributed by atoms with van der Waals surface area (Å²) in [4.78, 5) is 0. The van der Waals surface area contributed by atoms with Crippen LogP contribution in [-0.2, 0) is 6.42 Å². The highest BCUT2D eigenvalue weighted by atomic mass is 32.1. The van der Waals surface area contributed by atoms with Gasteiger partial charge in [0.2, 0.25) is 5.13 Å². The number of nitrogens with zero attached hydrogens (tertiary/aromatic N) is 2. The van der Waals surface area contributed by atoms with Crippen LogP contribution in [-0.4, -0.2) is 10.2 Å². The topological polar surface area (TPSA) is 37.8 Å². The molecule has 1 aromatic carbocycles. The second-order valence-corrected chi connectivity index (χ2v) is 4.51. The van der Waals surface area contributed by atoms with Crippen molar-refractivity contribution in [2.24, 2.45) is 0 Å². The zero-order valence-electron chi connectivity index (χ0n) is 8.18. The van der Waals surface area contributed by atoms with Crippen LogP contribution in [0.1, 0.15) is 23.6 Å². The van der Waals surface area contributed by atoms with Crippen molar-refractivity contribution in [2.75, 3.05) is 5.32 Å². The minimum atomic E-state index is 0.411. The highest BCUT2D eigenvalue weighted by Crippen LogP contribution is 2.33. The summed E-state index contributed by atoms with van der Waals surface area (Å²) in [5.41, 5.74) is 4.62. The van der Waals surface area contributed by atoms with Crippen LogP contribution in [0.2, 0.25) is 0 Å². The molecule has 1 atom stereocenters. The third-order valence-electron chi connectivity index (χ3n) is 2.79. The molecule has 0 saturated carbocycles. The lowest BCUT2D eigenvalue weighted by Crippen LogP contribution is -2.06. The number of hydrogen-bond acceptors (Lipinski definition) is 4. The number of rotatable bonds is 2. The Morgan fingerprint density at radius 2 is 2.27 bits per heavy atom. The lowest BCUT2D eigenvalue weighted by Gasteiger charge is -2.11. The standard InChI is InChI=1S/C11H11N3S/c1-2-4-9-8(3-1)5-6-10(9)13-11-14-12-7-15-11/h1-4,7,10H,5-6H2,(H,13,14). The molecular weight excluding hydrogens is 206 g/mol. The Morgan fingerprint density at radius 3 is 3.13 bits per heavy atom. The van der Waals surface area contributed by atoms with Gasteiger partial charge in [-0.2, -0.15) is 0 Å². The van der Waals surface area contributed by atoms with Gasteiger partial charge in [-0.15, -0.1) is 10.2 Å². The van der Waals surface area contributed by atoms with Gasteiger partial charge in [-0.1, -0.05) is 35.6 Å². The molecule has 4 heteroatoms. The summed E-state index contributed by atoms with van der Waals surface area (Å²) in [6, 6.07) is 9.01. The third-order valence-corrected chi connectivity index (χ3v) is 3.41. The van der Waals surface area contributed by atoms with Crippen molar-refractivity contribution in [3.63, 3.8) is 0 Å². The summed E-state index contributed by atoms with van der Waals surface area (Å²) in [7, 11) is 0. The van der Waals surface area contributed by atoms with Crippen LogP contribution in [0.3, 0.4) is 0 Å². The van der Waals surface area contributed by atoms with E-state index in [0.717, 1.165) is 18.0 Å². The average Bonchev–Trinajstić information content (AvgIpc) is 2.89. The number of nitrogens with one attached hydrogen (secondary N) is 1. The number of anilines is 1. The van der Waals surface area contributed by atoms with E-state index in [0.29, 0.717) is 6.04 Å². The molecular formula is C11H11N3S. The monoisotopic (exact) mass is 217 g/mol. The number of hydrogen-bond donors (Lipinski definition) is 1. The molecule has 0 amide bonds. The first-order valence-electron chi connectivity index (χ1n) is 5.04. The van der Waals surface area contributed by atoms with Gasteiger partial charge < -0.3 is 5.32 Å². The van der Waals surface area contributed by atoms with Crippen LogP contribution in [0.5, 0.6) is 0 Å². The Balaban J connectivity index is 1.85. The summed E-state index contributed by atoms with van der Waals surface area (Å²) in [5, 5.41) is 12.2. The van der Waals surface area contributed by atoms with Crippen LogP contribution >= 0.6 is 11.3 Å². The quantitative estimate of drug-likeness (QED) is 0.840. The molecule has 0 bridgehead atoms. The van der Waals surface area contributed by atoms with E-state index in [9.17, 15) is 0 Å². The van der Waals surface area contributed by atoms with Crippen molar-refractivity contribution >= 4 is 16.5 Å². The van der Waals surface area contributed by atoms with Crippen molar-refractivity contribution < 1.29 is 0 Å². The highest BCUT2D eigenvalue weighted by Gasteiger charge is 2.22. The van der Waals surface area contributed by atoms with E-state index >= 15 is 0 Å². The summed E-state index contributed by atoms with van der Waals surface area (Å²) < 4.78 is 0. The lowest BCUT2D eigenvalue weighted by atomic mass is 10.1. The molecule has 0 spiro atoms. The lowest BCUT2D eigenvalue weighted by molar-refractivity contribution is 0.758. The fourth-order valence-electron chi connectivity index (χ4n) is 2.09. The first-order valence-corrected chi connectivity index (χ1v) is 5.92. The molecule has 3 nitrogen and oxygen atoms in total. The Hall–Kier alpha value is -1.42. The van der Waals surface area contributed by atoms with Crippen molar-refractivity contribution in [1.29, 1.82) is 0 Å². The van der Waals surface area contributed by atoms with Crippen molar-refractivity contribution in [1.82, 2.24) is 10.2 Å². The van der Waals surface area contributed by atoms with E-state index in [1.807, 2.05) is 0 Å². The molecule has 0 aliphatic heterocycles. The molecule has 1 aliphatic rings. The normalized spacial score (nSPS) is 18.8. The van der Waals surface area contributed by atoms with E-state index in [1.165, 1.54) is 11.1 Å². The Bertz CT molecular complexity index is 453. The maximum absolute atomic E-state index is 4.01. The summed E-state index contributed by atoms with van der Waals surface area (Å²) in [6.07, 6.45) is 2.31. The van der Waals surface area contributed by atoms with Crippen LogP contribution in [0, 0.1) is 0 Å². The van der Waals surface area contributed by atoms with Gasteiger partial charge in [-0.25, -0.2) is 0 Å². The van der Waals surface area contributed by atoms with E-state index in [4.69, 9.17) is 0 Å². The van der Waals surface area contributed by atoms with Gasteiger partial charge in [0.25, 0.3) is 0 Å². The largest absolute Gasteiger partial charge is 0.353 e. The van der Waals surface area contributed by atoms with Gasteiger partial charge in [0, 0.05) is 0 Å². The van der Waals surface area contributed by atoms with Crippen molar-refractivity contribution in [3.8, 4) is 0 Å². The molecule has 2 aromatic rings. The molecule has 0 saturated heterocycles. The fraction of sp³-hybridized carbons (Fsp3) is 0.273. The molecule has 1 N–H and O–H groups in total. The first-order chi connectivity index (χ1) is 7.43. The molecule has 1 aliphatic carbocycles. The zero-order chi connectivity index (χ0) is 10.1. The molecule has 0 radical (unpaired) electrons. The minimum Gasteiger partial charge on any atom is -0.353 e. The first kappa shape index (κ1) is 8.85. The van der Waals surface area contributed by atoms with Gasteiger partial charge >= 0.3 is 0 Å². The summed E-state index contributed by atoms with van der Waals surface area (Å²) in [6.45, 7) is 0. The van der Waals surface area contributed by atoms with Crippen LogP contribution in [0.25, 0.3) is 0 Å². The van der Waals surface area contributed by atoms with Gasteiger partial charge in [0.05, 0.1) is 6.04 Å². The predicted molar refractivity (Wildman–Crippen MR) is 61.0 cm³/mol. The predicted octanol–water partition coefficient (Wildman–Crippen LogP) is 2.64. The molecule has 1 aromatic heterocycles. The van der Waals surface area contributed by atoms with E-state index < -0.39 is 0 Å². The second-order valence-electron chi connectivity index (χ2n) is 3.68.